The second-order valence-electron chi connectivity index (χ2n) is 5.17. The second kappa shape index (κ2) is 7.72. The lowest BCUT2D eigenvalue weighted by atomic mass is 10.1. The molecule has 0 unspecified atom stereocenters. The van der Waals surface area contributed by atoms with Gasteiger partial charge in [-0.05, 0) is 43.7 Å². The van der Waals surface area contributed by atoms with Crippen molar-refractivity contribution in [2.24, 2.45) is 0 Å². The molecule has 0 aliphatic carbocycles. The molecule has 0 aliphatic rings. The molecule has 128 valence electrons. The number of amides is 3. The Kier molecular flexibility index (Phi) is 5.67. The molecule has 0 aliphatic heterocycles. The number of anilines is 1. The van der Waals surface area contributed by atoms with E-state index in [2.05, 4.69) is 31.7 Å². The zero-order valence-electron chi connectivity index (χ0n) is 13.5. The maximum Gasteiger partial charge on any atom is 0.325 e. The topological polar surface area (TPSA) is 117 Å². The third kappa shape index (κ3) is 4.51. The fourth-order valence-corrected chi connectivity index (χ4v) is 2.27. The van der Waals surface area contributed by atoms with Crippen LogP contribution in [0.5, 0.6) is 0 Å². The second-order valence-corrected chi connectivity index (χ2v) is 6.08. The summed E-state index contributed by atoms with van der Waals surface area (Å²) in [5.74, 6) is -0.726. The van der Waals surface area contributed by atoms with Gasteiger partial charge in [-0.1, -0.05) is 15.9 Å². The van der Waals surface area contributed by atoms with E-state index in [9.17, 15) is 14.4 Å². The molecular formula is C16H14BrN5O3. The molecule has 25 heavy (non-hydrogen) atoms. The van der Waals surface area contributed by atoms with Gasteiger partial charge >= 0.3 is 6.03 Å². The number of hydrogen-bond acceptors (Lipinski definition) is 5. The molecule has 1 heterocycles. The third-order valence-electron chi connectivity index (χ3n) is 3.40. The van der Waals surface area contributed by atoms with Gasteiger partial charge in [0.15, 0.2) is 0 Å². The number of aryl methyl sites for hydroxylation is 1. The van der Waals surface area contributed by atoms with Crippen molar-refractivity contribution in [2.45, 2.75) is 20.4 Å². The van der Waals surface area contributed by atoms with Crippen LogP contribution < -0.4 is 16.2 Å². The fraction of sp³-hybridized carbons (Fsp3) is 0.188. The molecule has 2 aromatic rings. The molecule has 3 amide bonds. The van der Waals surface area contributed by atoms with Crippen LogP contribution in [0, 0.1) is 25.2 Å². The van der Waals surface area contributed by atoms with E-state index in [1.54, 1.807) is 38.1 Å². The molecule has 2 N–H and O–H groups in total. The minimum Gasteiger partial charge on any atom is -0.308 e. The number of aromatic nitrogens is 2. The van der Waals surface area contributed by atoms with Crippen LogP contribution in [0.15, 0.2) is 33.5 Å². The number of halogens is 1. The van der Waals surface area contributed by atoms with Gasteiger partial charge in [-0.15, -0.1) is 0 Å². The number of nitrogens with zero attached hydrogens (tertiary/aromatic N) is 3. The first-order valence-electron chi connectivity index (χ1n) is 7.16. The van der Waals surface area contributed by atoms with E-state index in [0.717, 1.165) is 9.15 Å². The average Bonchev–Trinajstić information content (AvgIpc) is 2.55. The van der Waals surface area contributed by atoms with Gasteiger partial charge in [-0.25, -0.2) is 9.48 Å². The van der Waals surface area contributed by atoms with Crippen LogP contribution in [-0.2, 0) is 11.3 Å². The van der Waals surface area contributed by atoms with Crippen molar-refractivity contribution < 1.29 is 9.59 Å². The van der Waals surface area contributed by atoms with Crippen LogP contribution in [0.4, 0.5) is 10.5 Å². The molecule has 8 nitrogen and oxygen atoms in total. The summed E-state index contributed by atoms with van der Waals surface area (Å²) in [6.07, 6.45) is 0. The predicted molar refractivity (Wildman–Crippen MR) is 94.0 cm³/mol. The molecule has 0 bridgehead atoms. The van der Waals surface area contributed by atoms with Crippen LogP contribution in [0.25, 0.3) is 0 Å². The van der Waals surface area contributed by atoms with E-state index < -0.39 is 24.0 Å². The first-order valence-corrected chi connectivity index (χ1v) is 7.96. The zero-order chi connectivity index (χ0) is 18.6. The number of imide groups is 1. The van der Waals surface area contributed by atoms with Gasteiger partial charge in [0.25, 0.3) is 5.56 Å². The largest absolute Gasteiger partial charge is 0.325 e. The molecule has 9 heteroatoms. The SMILES string of the molecule is Cc1nn(CC(=O)NC(=O)Nc2ccc(Br)cc2)c(=O)c(C#N)c1C. The van der Waals surface area contributed by atoms with Crippen molar-refractivity contribution in [1.82, 2.24) is 15.1 Å². The fourth-order valence-electron chi connectivity index (χ4n) is 2.01. The number of rotatable bonds is 3. The monoisotopic (exact) mass is 403 g/mol. The van der Waals surface area contributed by atoms with Crippen LogP contribution >= 0.6 is 15.9 Å². The Morgan fingerprint density at radius 2 is 1.92 bits per heavy atom. The molecule has 1 aromatic carbocycles. The number of urea groups is 1. The number of hydrogen-bond donors (Lipinski definition) is 2. The number of nitriles is 1. The van der Waals surface area contributed by atoms with Crippen LogP contribution in [0.2, 0.25) is 0 Å². The maximum atomic E-state index is 12.1. The summed E-state index contributed by atoms with van der Waals surface area (Å²) in [5, 5.41) is 17.6. The van der Waals surface area contributed by atoms with E-state index >= 15 is 0 Å². The van der Waals surface area contributed by atoms with Crippen molar-refractivity contribution in [3.63, 3.8) is 0 Å². The van der Waals surface area contributed by atoms with Crippen molar-refractivity contribution in [1.29, 1.82) is 5.26 Å². The van der Waals surface area contributed by atoms with Crippen molar-refractivity contribution in [3.8, 4) is 6.07 Å². The Bertz CT molecular complexity index is 929. The standard InChI is InChI=1S/C16H14BrN5O3/c1-9-10(2)21-22(15(24)13(9)7-18)8-14(23)20-16(25)19-12-5-3-11(17)4-6-12/h3-6H,8H2,1-2H3,(H2,19,20,23,25). The van der Waals surface area contributed by atoms with Crippen LogP contribution in [0.3, 0.4) is 0 Å². The molecule has 1 aromatic heterocycles. The maximum absolute atomic E-state index is 12.1. The molecule has 0 atom stereocenters. The van der Waals surface area contributed by atoms with Gasteiger partial charge in [-0.2, -0.15) is 10.4 Å². The van der Waals surface area contributed by atoms with E-state index in [0.29, 0.717) is 16.9 Å². The first kappa shape index (κ1) is 18.4. The summed E-state index contributed by atoms with van der Waals surface area (Å²) in [6, 6.07) is 7.86. The Labute approximate surface area is 151 Å². The smallest absolute Gasteiger partial charge is 0.308 e. The van der Waals surface area contributed by atoms with Gasteiger partial charge in [0.2, 0.25) is 5.91 Å². The molecule has 0 fully saturated rings. The van der Waals surface area contributed by atoms with Crippen LogP contribution in [0.1, 0.15) is 16.8 Å². The quantitative estimate of drug-likeness (QED) is 0.810. The van der Waals surface area contributed by atoms with Gasteiger partial charge in [0.05, 0.1) is 5.69 Å². The third-order valence-corrected chi connectivity index (χ3v) is 3.93. The number of carbonyl (C=O) groups excluding carboxylic acids is 2. The summed E-state index contributed by atoms with van der Waals surface area (Å²) >= 11 is 3.27. The minimum atomic E-state index is -0.732. The van der Waals surface area contributed by atoms with E-state index in [1.807, 2.05) is 6.07 Å². The van der Waals surface area contributed by atoms with E-state index in [4.69, 9.17) is 5.26 Å². The predicted octanol–water partition coefficient (Wildman–Crippen LogP) is 1.84. The van der Waals surface area contributed by atoms with Gasteiger partial charge in [0, 0.05) is 10.2 Å². The molecular weight excluding hydrogens is 390 g/mol. The summed E-state index contributed by atoms with van der Waals surface area (Å²) in [6.45, 7) is 2.77. The lowest BCUT2D eigenvalue weighted by Crippen LogP contribution is -2.40. The Balaban J connectivity index is 2.07. The molecule has 2 rings (SSSR count). The zero-order valence-corrected chi connectivity index (χ0v) is 15.0. The Morgan fingerprint density at radius 1 is 1.28 bits per heavy atom. The first-order chi connectivity index (χ1) is 11.8. The summed E-state index contributed by atoms with van der Waals surface area (Å²) in [7, 11) is 0. The molecule has 0 saturated heterocycles. The normalized spacial score (nSPS) is 10.0. The molecule has 0 spiro atoms. The van der Waals surface area contributed by atoms with Gasteiger partial charge in [-0.3, -0.25) is 14.9 Å². The average molecular weight is 404 g/mol. The van der Waals surface area contributed by atoms with Crippen LogP contribution in [-0.4, -0.2) is 21.7 Å². The molecule has 0 radical (unpaired) electrons. The highest BCUT2D eigenvalue weighted by atomic mass is 79.9. The van der Waals surface area contributed by atoms with E-state index in [1.165, 1.54) is 0 Å². The number of benzene rings is 1. The lowest BCUT2D eigenvalue weighted by Gasteiger charge is -2.10. The van der Waals surface area contributed by atoms with Gasteiger partial charge < -0.3 is 5.32 Å². The van der Waals surface area contributed by atoms with Crippen molar-refractivity contribution in [2.75, 3.05) is 5.32 Å². The summed E-state index contributed by atoms with van der Waals surface area (Å²) in [5.41, 5.74) is 0.691. The number of nitrogens with one attached hydrogen (secondary N) is 2. The minimum absolute atomic E-state index is 0.0698. The Hall–Kier alpha value is -2.99. The molecule has 0 saturated carbocycles. The number of carbonyl (C=O) groups is 2. The van der Waals surface area contributed by atoms with E-state index in [-0.39, 0.29) is 5.56 Å². The summed E-state index contributed by atoms with van der Waals surface area (Å²) in [4.78, 5) is 35.9. The highest BCUT2D eigenvalue weighted by molar-refractivity contribution is 9.10. The van der Waals surface area contributed by atoms with Gasteiger partial charge in [0.1, 0.15) is 18.2 Å². The van der Waals surface area contributed by atoms with Crippen molar-refractivity contribution in [3.05, 3.63) is 55.9 Å². The summed E-state index contributed by atoms with van der Waals surface area (Å²) < 4.78 is 1.71. The van der Waals surface area contributed by atoms with Crippen molar-refractivity contribution >= 4 is 33.6 Å². The highest BCUT2D eigenvalue weighted by Crippen LogP contribution is 2.13. The lowest BCUT2D eigenvalue weighted by molar-refractivity contribution is -0.120. The highest BCUT2D eigenvalue weighted by Gasteiger charge is 2.15. The Morgan fingerprint density at radius 3 is 2.52 bits per heavy atom.